The average molecular weight is 237 g/mol. The maximum absolute atomic E-state index is 10.7. The highest BCUT2D eigenvalue weighted by molar-refractivity contribution is 5.77. The number of carboxylic acids is 1. The molecule has 4 nitrogen and oxygen atoms in total. The third kappa shape index (κ3) is 3.98. The van der Waals surface area contributed by atoms with E-state index in [2.05, 4.69) is 5.32 Å². The summed E-state index contributed by atoms with van der Waals surface area (Å²) >= 11 is 0. The molecule has 0 heterocycles. The van der Waals surface area contributed by atoms with Gasteiger partial charge in [-0.3, -0.25) is 4.79 Å². The van der Waals surface area contributed by atoms with Gasteiger partial charge in [0.05, 0.1) is 6.10 Å². The number of hydrogen-bond donors (Lipinski definition) is 2. The Morgan fingerprint density at radius 3 is 2.47 bits per heavy atom. The van der Waals surface area contributed by atoms with Crippen LogP contribution in [0.15, 0.2) is 18.2 Å². The predicted molar refractivity (Wildman–Crippen MR) is 67.7 cm³/mol. The van der Waals surface area contributed by atoms with Crippen molar-refractivity contribution >= 4 is 11.7 Å². The fourth-order valence-corrected chi connectivity index (χ4v) is 1.44. The fourth-order valence-electron chi connectivity index (χ4n) is 1.44. The molecule has 1 rings (SSSR count). The number of carboxylic acid groups (broad SMARTS) is 1. The van der Waals surface area contributed by atoms with Gasteiger partial charge in [0.2, 0.25) is 0 Å². The Bertz CT molecular complexity index is 402. The number of carbonyl (C=O) groups is 1. The molecule has 0 aliphatic heterocycles. The minimum absolute atomic E-state index is 0.131. The minimum atomic E-state index is -0.869. The third-order valence-corrected chi connectivity index (χ3v) is 2.31. The Kier molecular flexibility index (Phi) is 4.37. The summed E-state index contributed by atoms with van der Waals surface area (Å²) in [5.41, 5.74) is 1.78. The molecule has 0 saturated carbocycles. The number of benzene rings is 1. The predicted octanol–water partition coefficient (Wildman–Crippen LogP) is 2.67. The van der Waals surface area contributed by atoms with Crippen LogP contribution in [0.5, 0.6) is 5.75 Å². The fraction of sp³-hybridized carbons (Fsp3) is 0.462. The number of aryl methyl sites for hydroxylation is 1. The zero-order valence-electron chi connectivity index (χ0n) is 10.7. The Balaban J connectivity index is 2.79. The second-order valence-electron chi connectivity index (χ2n) is 4.35. The van der Waals surface area contributed by atoms with E-state index in [4.69, 9.17) is 9.84 Å². The Hall–Kier alpha value is -1.71. The van der Waals surface area contributed by atoms with Gasteiger partial charge in [0.15, 0.2) is 0 Å². The average Bonchev–Trinajstić information content (AvgIpc) is 2.20. The molecule has 1 unspecified atom stereocenters. The molecule has 0 spiro atoms. The van der Waals surface area contributed by atoms with E-state index in [-0.39, 0.29) is 6.10 Å². The van der Waals surface area contributed by atoms with Crippen LogP contribution in [0, 0.1) is 6.92 Å². The van der Waals surface area contributed by atoms with Crippen molar-refractivity contribution in [3.05, 3.63) is 23.8 Å². The molecule has 0 aliphatic rings. The second kappa shape index (κ2) is 5.57. The van der Waals surface area contributed by atoms with Crippen LogP contribution in [0.25, 0.3) is 0 Å². The molecule has 0 radical (unpaired) electrons. The molecular weight excluding hydrogens is 218 g/mol. The lowest BCUT2D eigenvalue weighted by atomic mass is 10.1. The second-order valence-corrected chi connectivity index (χ2v) is 4.35. The maximum Gasteiger partial charge on any atom is 0.325 e. The number of ether oxygens (including phenoxy) is 1. The Morgan fingerprint density at radius 1 is 1.35 bits per heavy atom. The van der Waals surface area contributed by atoms with Crippen LogP contribution in [0.3, 0.4) is 0 Å². The van der Waals surface area contributed by atoms with Gasteiger partial charge in [-0.1, -0.05) is 0 Å². The van der Waals surface area contributed by atoms with Crippen LogP contribution in [0.2, 0.25) is 0 Å². The molecule has 0 aromatic heterocycles. The third-order valence-electron chi connectivity index (χ3n) is 2.31. The lowest BCUT2D eigenvalue weighted by molar-refractivity contribution is -0.137. The molecule has 1 atom stereocenters. The van der Waals surface area contributed by atoms with Crippen molar-refractivity contribution in [2.45, 2.75) is 39.8 Å². The molecule has 0 aliphatic carbocycles. The summed E-state index contributed by atoms with van der Waals surface area (Å²) in [5, 5.41) is 11.8. The molecule has 4 heteroatoms. The molecule has 94 valence electrons. The first kappa shape index (κ1) is 13.4. The van der Waals surface area contributed by atoms with Crippen LogP contribution in [-0.4, -0.2) is 23.2 Å². The van der Waals surface area contributed by atoms with Gasteiger partial charge in [0, 0.05) is 5.69 Å². The van der Waals surface area contributed by atoms with Gasteiger partial charge in [0.1, 0.15) is 11.8 Å². The van der Waals surface area contributed by atoms with Gasteiger partial charge in [-0.15, -0.1) is 0 Å². The Morgan fingerprint density at radius 2 is 2.00 bits per heavy atom. The van der Waals surface area contributed by atoms with Gasteiger partial charge >= 0.3 is 5.97 Å². The number of anilines is 1. The quantitative estimate of drug-likeness (QED) is 0.826. The first-order chi connectivity index (χ1) is 7.90. The zero-order chi connectivity index (χ0) is 13.0. The largest absolute Gasteiger partial charge is 0.491 e. The highest BCUT2D eigenvalue weighted by atomic mass is 16.5. The van der Waals surface area contributed by atoms with Crippen molar-refractivity contribution in [3.8, 4) is 5.75 Å². The molecule has 0 amide bonds. The highest BCUT2D eigenvalue weighted by Gasteiger charge is 2.11. The van der Waals surface area contributed by atoms with Gasteiger partial charge in [-0.05, 0) is 51.5 Å². The van der Waals surface area contributed by atoms with E-state index < -0.39 is 12.0 Å². The molecule has 1 aromatic rings. The monoisotopic (exact) mass is 237 g/mol. The van der Waals surface area contributed by atoms with E-state index >= 15 is 0 Å². The summed E-state index contributed by atoms with van der Waals surface area (Å²) in [6.07, 6.45) is 0.131. The molecule has 17 heavy (non-hydrogen) atoms. The van der Waals surface area contributed by atoms with Crippen molar-refractivity contribution in [1.82, 2.24) is 0 Å². The lowest BCUT2D eigenvalue weighted by Crippen LogP contribution is -2.25. The van der Waals surface area contributed by atoms with E-state index in [0.29, 0.717) is 0 Å². The molecular formula is C13H19NO3. The van der Waals surface area contributed by atoms with Gasteiger partial charge in [-0.2, -0.15) is 0 Å². The topological polar surface area (TPSA) is 58.6 Å². The van der Waals surface area contributed by atoms with E-state index in [1.807, 2.05) is 39.0 Å². The number of aliphatic carboxylic acids is 1. The first-order valence-corrected chi connectivity index (χ1v) is 5.66. The molecule has 2 N–H and O–H groups in total. The van der Waals surface area contributed by atoms with Crippen LogP contribution in [0.4, 0.5) is 5.69 Å². The minimum Gasteiger partial charge on any atom is -0.491 e. The van der Waals surface area contributed by atoms with Crippen molar-refractivity contribution in [1.29, 1.82) is 0 Å². The van der Waals surface area contributed by atoms with Gasteiger partial charge < -0.3 is 15.2 Å². The Labute approximate surface area is 102 Å². The highest BCUT2D eigenvalue weighted by Crippen LogP contribution is 2.22. The van der Waals surface area contributed by atoms with Crippen LogP contribution < -0.4 is 10.1 Å². The molecule has 1 aromatic carbocycles. The van der Waals surface area contributed by atoms with Crippen molar-refractivity contribution < 1.29 is 14.6 Å². The normalized spacial score (nSPS) is 12.3. The van der Waals surface area contributed by atoms with Crippen molar-refractivity contribution in [2.75, 3.05) is 5.32 Å². The van der Waals surface area contributed by atoms with Crippen molar-refractivity contribution in [2.24, 2.45) is 0 Å². The number of hydrogen-bond acceptors (Lipinski definition) is 3. The zero-order valence-corrected chi connectivity index (χ0v) is 10.7. The summed E-state index contributed by atoms with van der Waals surface area (Å²) in [4.78, 5) is 10.7. The molecule has 0 fully saturated rings. The summed E-state index contributed by atoms with van der Waals surface area (Å²) in [7, 11) is 0. The van der Waals surface area contributed by atoms with Gasteiger partial charge in [-0.25, -0.2) is 0 Å². The summed E-state index contributed by atoms with van der Waals surface area (Å²) in [6.45, 7) is 7.46. The molecule has 0 bridgehead atoms. The first-order valence-electron chi connectivity index (χ1n) is 5.66. The van der Waals surface area contributed by atoms with Crippen molar-refractivity contribution in [3.63, 3.8) is 0 Å². The standard InChI is InChI=1S/C13H19NO3/c1-8(2)17-11-5-6-12(9(3)7-11)14-10(4)13(15)16/h5-8,10,14H,1-4H3,(H,15,16). The van der Waals surface area contributed by atoms with E-state index in [9.17, 15) is 4.79 Å². The summed E-state index contributed by atoms with van der Waals surface area (Å²) < 4.78 is 5.56. The summed E-state index contributed by atoms with van der Waals surface area (Å²) in [5.74, 6) is -0.0714. The summed E-state index contributed by atoms with van der Waals surface area (Å²) in [6, 6.07) is 4.97. The van der Waals surface area contributed by atoms with E-state index in [1.165, 1.54) is 0 Å². The maximum atomic E-state index is 10.7. The lowest BCUT2D eigenvalue weighted by Gasteiger charge is -2.15. The smallest absolute Gasteiger partial charge is 0.325 e. The van der Waals surface area contributed by atoms with Crippen LogP contribution in [-0.2, 0) is 4.79 Å². The number of nitrogens with one attached hydrogen (secondary N) is 1. The van der Waals surface area contributed by atoms with E-state index in [0.717, 1.165) is 17.0 Å². The van der Waals surface area contributed by atoms with Crippen LogP contribution in [0.1, 0.15) is 26.3 Å². The van der Waals surface area contributed by atoms with E-state index in [1.54, 1.807) is 6.92 Å². The SMILES string of the molecule is Cc1cc(OC(C)C)ccc1NC(C)C(=O)O. The van der Waals surface area contributed by atoms with Crippen LogP contribution >= 0.6 is 0 Å². The molecule has 0 saturated heterocycles. The van der Waals surface area contributed by atoms with Gasteiger partial charge in [0.25, 0.3) is 0 Å². The number of rotatable bonds is 5.